The number of carbonyl (C=O) groups is 2. The van der Waals surface area contributed by atoms with Gasteiger partial charge in [0.2, 0.25) is 0 Å². The number of rotatable bonds is 8. The highest BCUT2D eigenvalue weighted by molar-refractivity contribution is 6.34. The molecule has 0 fully saturated rings. The average Bonchev–Trinajstić information content (AvgIpc) is 2.87. The first kappa shape index (κ1) is 28.3. The zero-order valence-corrected chi connectivity index (χ0v) is 21.3. The van der Waals surface area contributed by atoms with Crippen molar-refractivity contribution in [2.45, 2.75) is 19.5 Å². The minimum Gasteiger partial charge on any atom is -0.495 e. The summed E-state index contributed by atoms with van der Waals surface area (Å²) in [6.07, 6.45) is -4.03. The van der Waals surface area contributed by atoms with Gasteiger partial charge >= 0.3 is 12.1 Å². The highest BCUT2D eigenvalue weighted by Crippen LogP contribution is 2.39. The SMILES string of the molecule is CC#Cc1cc(C(F)(F)F)ncc1-c1cc(C(=O)N(C)c2ccccc2OC)c(OCCC(=O)O)cc1Cl. The summed E-state index contributed by atoms with van der Waals surface area (Å²) in [6, 6.07) is 10.2. The Balaban J connectivity index is 2.19. The molecule has 0 aliphatic rings. The number of aliphatic carboxylic acids is 1. The summed E-state index contributed by atoms with van der Waals surface area (Å²) in [6.45, 7) is 1.22. The molecule has 0 atom stereocenters. The molecule has 1 N–H and O–H groups in total. The number of alkyl halides is 3. The van der Waals surface area contributed by atoms with E-state index in [-0.39, 0.29) is 46.1 Å². The lowest BCUT2D eigenvalue weighted by atomic mass is 9.98. The number of carboxylic acid groups (broad SMARTS) is 1. The number of pyridine rings is 1. The summed E-state index contributed by atoms with van der Waals surface area (Å²) >= 11 is 6.49. The lowest BCUT2D eigenvalue weighted by Crippen LogP contribution is -2.27. The van der Waals surface area contributed by atoms with E-state index in [1.807, 2.05) is 0 Å². The summed E-state index contributed by atoms with van der Waals surface area (Å²) in [5, 5.41) is 9.01. The Morgan fingerprint density at radius 2 is 1.84 bits per heavy atom. The topological polar surface area (TPSA) is 89.0 Å². The maximum atomic E-state index is 13.7. The van der Waals surface area contributed by atoms with Crippen molar-refractivity contribution in [3.8, 4) is 34.5 Å². The fourth-order valence-electron chi connectivity index (χ4n) is 3.56. The summed E-state index contributed by atoms with van der Waals surface area (Å²) < 4.78 is 50.8. The van der Waals surface area contributed by atoms with Gasteiger partial charge in [-0.3, -0.25) is 14.6 Å². The first-order chi connectivity index (χ1) is 18.0. The Bertz CT molecular complexity index is 1430. The predicted molar refractivity (Wildman–Crippen MR) is 136 cm³/mol. The van der Waals surface area contributed by atoms with Crippen LogP contribution in [0.2, 0.25) is 5.02 Å². The minimum atomic E-state index is -4.69. The third-order valence-corrected chi connectivity index (χ3v) is 5.68. The number of carboxylic acids is 1. The number of ether oxygens (including phenoxy) is 2. The van der Waals surface area contributed by atoms with Gasteiger partial charge in [0.05, 0.1) is 36.4 Å². The first-order valence-electron chi connectivity index (χ1n) is 11.1. The molecule has 1 aromatic heterocycles. The van der Waals surface area contributed by atoms with Crippen LogP contribution in [0.15, 0.2) is 48.7 Å². The highest BCUT2D eigenvalue weighted by Gasteiger charge is 2.33. The first-order valence-corrected chi connectivity index (χ1v) is 11.4. The van der Waals surface area contributed by atoms with E-state index in [4.69, 9.17) is 26.2 Å². The van der Waals surface area contributed by atoms with Crippen LogP contribution in [0, 0.1) is 11.8 Å². The number of nitrogens with zero attached hydrogens (tertiary/aromatic N) is 2. The normalized spacial score (nSPS) is 10.8. The van der Waals surface area contributed by atoms with E-state index in [0.29, 0.717) is 11.4 Å². The van der Waals surface area contributed by atoms with E-state index in [1.165, 1.54) is 38.1 Å². The van der Waals surface area contributed by atoms with Crippen molar-refractivity contribution < 1.29 is 37.3 Å². The Hall–Kier alpha value is -4.23. The molecule has 0 unspecified atom stereocenters. The molecule has 38 heavy (non-hydrogen) atoms. The minimum absolute atomic E-state index is 0.00487. The third-order valence-electron chi connectivity index (χ3n) is 5.37. The van der Waals surface area contributed by atoms with E-state index in [1.54, 1.807) is 24.3 Å². The molecule has 0 saturated carbocycles. The van der Waals surface area contributed by atoms with Crippen LogP contribution in [0.3, 0.4) is 0 Å². The number of carbonyl (C=O) groups excluding carboxylic acids is 1. The van der Waals surface area contributed by atoms with E-state index in [9.17, 15) is 22.8 Å². The van der Waals surface area contributed by atoms with Crippen molar-refractivity contribution in [3.05, 3.63) is 70.5 Å². The molecule has 0 aliphatic carbocycles. The van der Waals surface area contributed by atoms with Gasteiger partial charge in [-0.1, -0.05) is 29.7 Å². The van der Waals surface area contributed by atoms with Gasteiger partial charge in [-0.15, -0.1) is 5.92 Å². The van der Waals surface area contributed by atoms with E-state index < -0.39 is 23.7 Å². The van der Waals surface area contributed by atoms with Crippen molar-refractivity contribution in [3.63, 3.8) is 0 Å². The molecule has 3 rings (SSSR count). The van der Waals surface area contributed by atoms with Gasteiger partial charge in [0.25, 0.3) is 5.91 Å². The lowest BCUT2D eigenvalue weighted by molar-refractivity contribution is -0.141. The van der Waals surface area contributed by atoms with Gasteiger partial charge in [0.1, 0.15) is 17.2 Å². The quantitative estimate of drug-likeness (QED) is 0.352. The monoisotopic (exact) mass is 546 g/mol. The van der Waals surface area contributed by atoms with Crippen molar-refractivity contribution in [1.82, 2.24) is 4.98 Å². The largest absolute Gasteiger partial charge is 0.495 e. The molecule has 3 aromatic rings. The second-order valence-electron chi connectivity index (χ2n) is 7.84. The van der Waals surface area contributed by atoms with E-state index in [2.05, 4.69) is 16.8 Å². The van der Waals surface area contributed by atoms with Gasteiger partial charge in [-0.05, 0) is 31.2 Å². The van der Waals surface area contributed by atoms with Crippen LogP contribution in [0.1, 0.15) is 35.0 Å². The molecule has 1 heterocycles. The molecule has 0 radical (unpaired) electrons. The summed E-state index contributed by atoms with van der Waals surface area (Å²) in [7, 11) is 2.95. The number of hydrogen-bond donors (Lipinski definition) is 1. The second-order valence-corrected chi connectivity index (χ2v) is 8.25. The fourth-order valence-corrected chi connectivity index (χ4v) is 3.81. The number of aromatic nitrogens is 1. The van der Waals surface area contributed by atoms with E-state index in [0.717, 1.165) is 12.3 Å². The van der Waals surface area contributed by atoms with Crippen molar-refractivity contribution in [2.75, 3.05) is 25.7 Å². The van der Waals surface area contributed by atoms with Gasteiger partial charge in [-0.2, -0.15) is 13.2 Å². The molecular weight excluding hydrogens is 525 g/mol. The predicted octanol–water partition coefficient (Wildman–Crippen LogP) is 5.93. The van der Waals surface area contributed by atoms with Crippen LogP contribution in [-0.4, -0.2) is 42.7 Å². The molecule has 11 heteroatoms. The van der Waals surface area contributed by atoms with Gasteiger partial charge in [-0.25, -0.2) is 0 Å². The van der Waals surface area contributed by atoms with Gasteiger partial charge < -0.3 is 19.5 Å². The van der Waals surface area contributed by atoms with Crippen molar-refractivity contribution in [1.29, 1.82) is 0 Å². The van der Waals surface area contributed by atoms with Crippen LogP contribution < -0.4 is 14.4 Å². The van der Waals surface area contributed by atoms with Crippen molar-refractivity contribution in [2.24, 2.45) is 0 Å². The summed E-state index contributed by atoms with van der Waals surface area (Å²) in [4.78, 5) is 29.5. The molecule has 0 bridgehead atoms. The van der Waals surface area contributed by atoms with Crippen LogP contribution in [0.25, 0.3) is 11.1 Å². The number of halogens is 4. The number of para-hydroxylation sites is 2. The lowest BCUT2D eigenvalue weighted by Gasteiger charge is -2.22. The molecule has 7 nitrogen and oxygen atoms in total. The van der Waals surface area contributed by atoms with Crippen molar-refractivity contribution >= 4 is 29.2 Å². The Morgan fingerprint density at radius 3 is 2.47 bits per heavy atom. The second kappa shape index (κ2) is 11.9. The molecule has 198 valence electrons. The van der Waals surface area contributed by atoms with Crippen LogP contribution in [0.4, 0.5) is 18.9 Å². The maximum Gasteiger partial charge on any atom is 0.433 e. The number of benzene rings is 2. The average molecular weight is 547 g/mol. The summed E-state index contributed by atoms with van der Waals surface area (Å²) in [5.41, 5.74) is -0.347. The maximum absolute atomic E-state index is 13.7. The fraction of sp³-hybridized carbons (Fsp3) is 0.222. The van der Waals surface area contributed by atoms with Gasteiger partial charge in [0.15, 0.2) is 0 Å². The molecule has 0 spiro atoms. The molecule has 0 aliphatic heterocycles. The van der Waals surface area contributed by atoms with Crippen LogP contribution in [0.5, 0.6) is 11.5 Å². The highest BCUT2D eigenvalue weighted by atomic mass is 35.5. The standard InChI is InChI=1S/C27H22ClF3N2O5/c1-4-7-16-12-24(27(29,30)31)32-15-19(16)17-13-18(23(14-20(17)28)38-11-10-25(34)35)26(36)33(2)21-8-5-6-9-22(21)37-3/h5-6,8-9,12-15H,10-11H2,1-3H3,(H,34,35). The Morgan fingerprint density at radius 1 is 1.13 bits per heavy atom. The van der Waals surface area contributed by atoms with Crippen LogP contribution >= 0.6 is 11.6 Å². The molecule has 0 saturated heterocycles. The smallest absolute Gasteiger partial charge is 0.433 e. The molecular formula is C27H22ClF3N2O5. The number of amides is 1. The number of methoxy groups -OCH3 is 1. The van der Waals surface area contributed by atoms with Gasteiger partial charge in [0, 0.05) is 36.0 Å². The molecule has 2 aromatic carbocycles. The summed E-state index contributed by atoms with van der Waals surface area (Å²) in [5.74, 6) is 3.94. The zero-order chi connectivity index (χ0) is 28.0. The zero-order valence-electron chi connectivity index (χ0n) is 20.5. The van der Waals surface area contributed by atoms with Crippen LogP contribution in [-0.2, 0) is 11.0 Å². The molecule has 1 amide bonds. The third kappa shape index (κ3) is 6.36. The Labute approximate surface area is 221 Å². The number of hydrogen-bond acceptors (Lipinski definition) is 5. The number of anilines is 1. The van der Waals surface area contributed by atoms with E-state index >= 15 is 0 Å². The Kier molecular flexibility index (Phi) is 8.86.